The number of rotatable bonds is 9. The van der Waals surface area contributed by atoms with Crippen LogP contribution in [0.15, 0.2) is 58.0 Å². The molecule has 1 saturated heterocycles. The van der Waals surface area contributed by atoms with Gasteiger partial charge in [0.15, 0.2) is 5.65 Å². The van der Waals surface area contributed by atoms with Crippen LogP contribution in [0, 0.1) is 0 Å². The predicted molar refractivity (Wildman–Crippen MR) is 152 cm³/mol. The number of ether oxygens (including phenoxy) is 1. The van der Waals surface area contributed by atoms with Crippen molar-refractivity contribution >= 4 is 34.6 Å². The number of hydrogen-bond donors (Lipinski definition) is 4. The van der Waals surface area contributed by atoms with Gasteiger partial charge >= 0.3 is 0 Å². The van der Waals surface area contributed by atoms with Crippen molar-refractivity contribution in [3.05, 3.63) is 64.6 Å². The third-order valence-electron chi connectivity index (χ3n) is 6.75. The first-order chi connectivity index (χ1) is 20.0. The molecule has 14 nitrogen and oxygen atoms in total. The average Bonchev–Trinajstić information content (AvgIpc) is 3.62. The molecule has 0 spiro atoms. The number of H-pyrrole nitrogens is 1. The normalized spacial score (nSPS) is 14.5. The maximum absolute atomic E-state index is 12.3. The van der Waals surface area contributed by atoms with E-state index in [1.807, 2.05) is 49.1 Å². The van der Waals surface area contributed by atoms with Gasteiger partial charge in [0.2, 0.25) is 5.95 Å². The molecule has 1 aliphatic rings. The van der Waals surface area contributed by atoms with Crippen molar-refractivity contribution in [2.45, 2.75) is 25.9 Å². The van der Waals surface area contributed by atoms with Crippen LogP contribution >= 0.6 is 0 Å². The van der Waals surface area contributed by atoms with Crippen molar-refractivity contribution < 1.29 is 14.4 Å². The van der Waals surface area contributed by atoms with Gasteiger partial charge < -0.3 is 29.9 Å². The Balaban J connectivity index is 1.35. The topological polar surface area (TPSA) is 172 Å². The van der Waals surface area contributed by atoms with Gasteiger partial charge in [0.25, 0.3) is 17.4 Å². The summed E-state index contributed by atoms with van der Waals surface area (Å²) in [6.07, 6.45) is 1.58. The number of fused-ring (bicyclic) bond motifs is 1. The van der Waals surface area contributed by atoms with Gasteiger partial charge in [-0.3, -0.25) is 14.6 Å². The summed E-state index contributed by atoms with van der Waals surface area (Å²) >= 11 is 0. The van der Waals surface area contributed by atoms with Gasteiger partial charge in [-0.15, -0.1) is 0 Å². The summed E-state index contributed by atoms with van der Waals surface area (Å²) in [5, 5.41) is 24.1. The SMILES string of the molecule is CC(C)n1[nH]c(=O)c2ccc(Nc3ncc(-c4nc(N5CCOCC5)no4)c(N[C@H](CO)c4ccccc4)n3)nc21. The van der Waals surface area contributed by atoms with E-state index in [9.17, 15) is 9.90 Å². The molecule has 0 saturated carbocycles. The number of pyridine rings is 1. The molecule has 4 N–H and O–H groups in total. The first kappa shape index (κ1) is 26.4. The number of aliphatic hydroxyl groups excluding tert-OH is 1. The summed E-state index contributed by atoms with van der Waals surface area (Å²) < 4.78 is 12.8. The molecule has 0 unspecified atom stereocenters. The lowest BCUT2D eigenvalue weighted by Crippen LogP contribution is -2.36. The molecule has 5 aromatic rings. The van der Waals surface area contributed by atoms with Crippen LogP contribution in [-0.2, 0) is 4.74 Å². The van der Waals surface area contributed by atoms with Crippen LogP contribution in [0.5, 0.6) is 0 Å². The molecule has 1 aliphatic heterocycles. The Bertz CT molecular complexity index is 1690. The summed E-state index contributed by atoms with van der Waals surface area (Å²) in [5.74, 6) is 1.77. The van der Waals surface area contributed by atoms with Crippen molar-refractivity contribution in [2.75, 3.05) is 48.4 Å². The van der Waals surface area contributed by atoms with E-state index in [1.165, 1.54) is 0 Å². The van der Waals surface area contributed by atoms with Crippen molar-refractivity contribution in [2.24, 2.45) is 0 Å². The van der Waals surface area contributed by atoms with Gasteiger partial charge in [-0.2, -0.15) is 9.97 Å². The molecule has 212 valence electrons. The van der Waals surface area contributed by atoms with Crippen LogP contribution in [0.1, 0.15) is 31.5 Å². The Morgan fingerprint density at radius 2 is 1.88 bits per heavy atom. The second kappa shape index (κ2) is 11.3. The fraction of sp³-hybridized carbons (Fsp3) is 0.333. The Labute approximate surface area is 234 Å². The smallest absolute Gasteiger partial charge is 0.273 e. The molecule has 5 heterocycles. The van der Waals surface area contributed by atoms with Crippen LogP contribution in [0.2, 0.25) is 0 Å². The van der Waals surface area contributed by atoms with E-state index < -0.39 is 6.04 Å². The summed E-state index contributed by atoms with van der Waals surface area (Å²) in [6, 6.07) is 12.5. The monoisotopic (exact) mass is 558 g/mol. The van der Waals surface area contributed by atoms with Gasteiger partial charge in [-0.1, -0.05) is 30.3 Å². The number of aliphatic hydroxyl groups is 1. The van der Waals surface area contributed by atoms with Crippen LogP contribution in [0.25, 0.3) is 22.5 Å². The highest BCUT2D eigenvalue weighted by atomic mass is 16.5. The Morgan fingerprint density at radius 3 is 2.63 bits per heavy atom. The van der Waals surface area contributed by atoms with Gasteiger partial charge in [-0.05, 0) is 36.7 Å². The Morgan fingerprint density at radius 1 is 1.07 bits per heavy atom. The molecule has 1 fully saturated rings. The van der Waals surface area contributed by atoms with Gasteiger partial charge in [0, 0.05) is 25.3 Å². The lowest BCUT2D eigenvalue weighted by molar-refractivity contribution is 0.121. The summed E-state index contributed by atoms with van der Waals surface area (Å²) in [6.45, 7) is 6.24. The molecular formula is C27H30N10O4. The van der Waals surface area contributed by atoms with Crippen LogP contribution in [-0.4, -0.2) is 72.9 Å². The molecule has 0 radical (unpaired) electrons. The molecule has 0 aliphatic carbocycles. The number of anilines is 4. The lowest BCUT2D eigenvalue weighted by atomic mass is 10.1. The number of morpholine rings is 1. The third kappa shape index (κ3) is 5.47. The third-order valence-corrected chi connectivity index (χ3v) is 6.75. The second-order valence-corrected chi connectivity index (χ2v) is 9.84. The lowest BCUT2D eigenvalue weighted by Gasteiger charge is -2.24. The number of nitrogens with zero attached hydrogens (tertiary/aromatic N) is 7. The highest BCUT2D eigenvalue weighted by Crippen LogP contribution is 2.30. The largest absolute Gasteiger partial charge is 0.394 e. The Kier molecular flexibility index (Phi) is 7.31. The molecule has 0 bridgehead atoms. The fourth-order valence-electron chi connectivity index (χ4n) is 4.60. The zero-order valence-electron chi connectivity index (χ0n) is 22.6. The predicted octanol–water partition coefficient (Wildman–Crippen LogP) is 2.87. The molecular weight excluding hydrogens is 528 g/mol. The van der Waals surface area contributed by atoms with Gasteiger partial charge in [0.05, 0.1) is 31.2 Å². The summed E-state index contributed by atoms with van der Waals surface area (Å²) in [4.78, 5) is 32.7. The standard InChI is InChI=1S/C27H30N10O4/c1-16(2)37-23-18(24(39)34-37)8-9-21(30-23)31-26-28-14-19(25-33-27(35-41-25)36-10-12-40-13-11-36)22(32-26)29-20(15-38)17-6-4-3-5-7-17/h3-9,14,16,20,38H,10-13,15H2,1-2H3,(H,34,39)(H2,28,29,30,31,32)/t20-/m1/s1. The number of aromatic nitrogens is 7. The molecule has 1 aromatic carbocycles. The fourth-order valence-corrected chi connectivity index (χ4v) is 4.60. The minimum atomic E-state index is -0.464. The van der Waals surface area contributed by atoms with Gasteiger partial charge in [0.1, 0.15) is 17.2 Å². The highest BCUT2D eigenvalue weighted by molar-refractivity contribution is 5.77. The van der Waals surface area contributed by atoms with Crippen LogP contribution < -0.4 is 21.1 Å². The van der Waals surface area contributed by atoms with Crippen molar-refractivity contribution in [3.8, 4) is 11.5 Å². The van der Waals surface area contributed by atoms with Gasteiger partial charge in [-0.25, -0.2) is 9.97 Å². The minimum absolute atomic E-state index is 0.0134. The van der Waals surface area contributed by atoms with Crippen molar-refractivity contribution in [3.63, 3.8) is 0 Å². The second-order valence-electron chi connectivity index (χ2n) is 9.84. The highest BCUT2D eigenvalue weighted by Gasteiger charge is 2.23. The van der Waals surface area contributed by atoms with E-state index in [-0.39, 0.29) is 30.0 Å². The van der Waals surface area contributed by atoms with Crippen LogP contribution in [0.3, 0.4) is 0 Å². The first-order valence-corrected chi connectivity index (χ1v) is 13.3. The van der Waals surface area contributed by atoms with E-state index in [2.05, 4.69) is 35.8 Å². The number of benzene rings is 1. The number of hydrogen-bond acceptors (Lipinski definition) is 12. The average molecular weight is 559 g/mol. The molecule has 1 atom stereocenters. The number of nitrogens with one attached hydrogen (secondary N) is 3. The Hall–Kier alpha value is -4.82. The van der Waals surface area contributed by atoms with E-state index in [1.54, 1.807) is 23.0 Å². The zero-order valence-corrected chi connectivity index (χ0v) is 22.6. The maximum atomic E-state index is 12.3. The molecule has 6 rings (SSSR count). The molecule has 14 heteroatoms. The molecule has 0 amide bonds. The summed E-state index contributed by atoms with van der Waals surface area (Å²) in [5.41, 5.74) is 1.67. The van der Waals surface area contributed by atoms with Crippen molar-refractivity contribution in [1.29, 1.82) is 0 Å². The minimum Gasteiger partial charge on any atom is -0.394 e. The molecule has 41 heavy (non-hydrogen) atoms. The number of aromatic amines is 1. The summed E-state index contributed by atoms with van der Waals surface area (Å²) in [7, 11) is 0. The van der Waals surface area contributed by atoms with Crippen molar-refractivity contribution in [1.82, 2.24) is 34.9 Å². The van der Waals surface area contributed by atoms with E-state index in [0.29, 0.717) is 60.5 Å². The van der Waals surface area contributed by atoms with E-state index in [0.717, 1.165) is 5.56 Å². The molecule has 4 aromatic heterocycles. The van der Waals surface area contributed by atoms with E-state index >= 15 is 0 Å². The maximum Gasteiger partial charge on any atom is 0.273 e. The van der Waals surface area contributed by atoms with E-state index in [4.69, 9.17) is 14.2 Å². The quantitative estimate of drug-likeness (QED) is 0.209. The first-order valence-electron chi connectivity index (χ1n) is 13.3. The zero-order chi connectivity index (χ0) is 28.3. The van der Waals surface area contributed by atoms with Crippen LogP contribution in [0.4, 0.5) is 23.5 Å².